The first-order chi connectivity index (χ1) is 8.58. The number of pyridine rings is 2. The van der Waals surface area contributed by atoms with E-state index >= 15 is 0 Å². The summed E-state index contributed by atoms with van der Waals surface area (Å²) in [7, 11) is 0. The van der Waals surface area contributed by atoms with Gasteiger partial charge in [0.05, 0.1) is 0 Å². The Morgan fingerprint density at radius 2 is 1.11 bits per heavy atom. The van der Waals surface area contributed by atoms with Gasteiger partial charge in [0.15, 0.2) is 0 Å². The summed E-state index contributed by atoms with van der Waals surface area (Å²) < 4.78 is 3.00. The second kappa shape index (κ2) is 4.77. The molecular weight excluding hydrogens is 611 g/mol. The van der Waals surface area contributed by atoms with E-state index in [-0.39, 0.29) is 0 Å². The van der Waals surface area contributed by atoms with Gasteiger partial charge in [-0.3, -0.25) is 0 Å². The molecule has 0 saturated carbocycles. The summed E-state index contributed by atoms with van der Waals surface area (Å²) in [5.74, 6) is 0. The van der Waals surface area contributed by atoms with Crippen LogP contribution < -0.4 is 6.25 Å². The summed E-state index contributed by atoms with van der Waals surface area (Å²) in [6, 6.07) is 8.63. The summed E-state index contributed by atoms with van der Waals surface area (Å²) in [4.78, 5) is 9.44. The quantitative estimate of drug-likeness (QED) is 0.277. The summed E-state index contributed by atoms with van der Waals surface area (Å²) in [6.45, 7) is 4.09. The van der Waals surface area contributed by atoms with Crippen LogP contribution in [0.25, 0.3) is 21.8 Å². The van der Waals surface area contributed by atoms with Gasteiger partial charge in [-0.25, -0.2) is 0 Å². The number of benzene rings is 1. The number of hydrogen-bond acceptors (Lipinski definition) is 2. The van der Waals surface area contributed by atoms with Crippen LogP contribution in [-0.2, 0) is 0 Å². The zero-order valence-electron chi connectivity index (χ0n) is 10.2. The van der Waals surface area contributed by atoms with Gasteiger partial charge in [0, 0.05) is 0 Å². The zero-order valence-corrected chi connectivity index (χ0v) is 18.0. The average Bonchev–Trinajstić information content (AvgIpc) is 2.36. The molecule has 2 nitrogen and oxygen atoms in total. The Morgan fingerprint density at radius 1 is 0.722 bits per heavy atom. The molecule has 0 aliphatic carbocycles. The van der Waals surface area contributed by atoms with Crippen LogP contribution in [0.15, 0.2) is 24.3 Å². The Hall–Kier alpha value is -0.116. The maximum absolute atomic E-state index is 4.72. The molecular formula is C14H10N2Pb2. The first kappa shape index (κ1) is 12.9. The predicted octanol–water partition coefficient (Wildman–Crippen LogP) is 0.987. The van der Waals surface area contributed by atoms with Gasteiger partial charge in [0.1, 0.15) is 0 Å². The molecule has 3 aromatic rings. The second-order valence-electron chi connectivity index (χ2n) is 4.45. The normalized spacial score (nSPS) is 11.3. The van der Waals surface area contributed by atoms with Crippen molar-refractivity contribution >= 4 is 79.6 Å². The number of hydrogen-bond donors (Lipinski definition) is 0. The van der Waals surface area contributed by atoms with Crippen molar-refractivity contribution in [3.05, 3.63) is 35.7 Å². The molecule has 3 rings (SSSR count). The topological polar surface area (TPSA) is 25.8 Å². The molecule has 4 heteroatoms. The molecule has 0 aliphatic rings. The van der Waals surface area contributed by atoms with Crippen LogP contribution in [0.3, 0.4) is 0 Å². The monoisotopic (exact) mass is 622 g/mol. The molecule has 2 aromatic heterocycles. The van der Waals surface area contributed by atoms with Crippen LogP contribution in [0.2, 0.25) is 0 Å². The van der Waals surface area contributed by atoms with Crippen molar-refractivity contribution in [3.63, 3.8) is 0 Å². The van der Waals surface area contributed by atoms with Crippen LogP contribution in [0, 0.1) is 13.8 Å². The van der Waals surface area contributed by atoms with Gasteiger partial charge in [-0.05, 0) is 0 Å². The number of aromatic nitrogens is 2. The molecule has 0 unspecified atom stereocenters. The van der Waals surface area contributed by atoms with Crippen LogP contribution in [-0.4, -0.2) is 61.5 Å². The molecule has 0 spiro atoms. The summed E-state index contributed by atoms with van der Waals surface area (Å²) in [5.41, 5.74) is 4.29. The third-order valence-electron chi connectivity index (χ3n) is 3.08. The van der Waals surface area contributed by atoms with Gasteiger partial charge in [0.2, 0.25) is 0 Å². The van der Waals surface area contributed by atoms with Gasteiger partial charge in [0.25, 0.3) is 0 Å². The Labute approximate surface area is 138 Å². The van der Waals surface area contributed by atoms with Gasteiger partial charge >= 0.3 is 139 Å². The number of nitrogens with zero attached hydrogens (tertiary/aromatic N) is 2. The van der Waals surface area contributed by atoms with Crippen molar-refractivity contribution in [1.29, 1.82) is 0 Å². The van der Waals surface area contributed by atoms with Gasteiger partial charge in [-0.1, -0.05) is 0 Å². The fourth-order valence-electron chi connectivity index (χ4n) is 2.15. The minimum atomic E-state index is 1.06. The molecule has 0 N–H and O–H groups in total. The van der Waals surface area contributed by atoms with E-state index in [2.05, 4.69) is 24.3 Å². The number of fused-ring (bicyclic) bond motifs is 3. The Kier molecular flexibility index (Phi) is 3.42. The summed E-state index contributed by atoms with van der Waals surface area (Å²) in [6.07, 6.45) is 0. The molecule has 0 amide bonds. The van der Waals surface area contributed by atoms with E-state index in [9.17, 15) is 0 Å². The van der Waals surface area contributed by atoms with Gasteiger partial charge < -0.3 is 0 Å². The van der Waals surface area contributed by atoms with Crippen LogP contribution in [0.1, 0.15) is 11.4 Å². The molecule has 0 aliphatic heterocycles. The van der Waals surface area contributed by atoms with Crippen molar-refractivity contribution in [2.45, 2.75) is 13.8 Å². The molecule has 18 heavy (non-hydrogen) atoms. The van der Waals surface area contributed by atoms with Crippen LogP contribution in [0.5, 0.6) is 0 Å². The molecule has 2 heterocycles. The molecule has 6 radical (unpaired) electrons. The first-order valence-electron chi connectivity index (χ1n) is 5.72. The second-order valence-corrected chi connectivity index (χ2v) is 8.34. The molecule has 0 atom stereocenters. The standard InChI is InChI=1S/C14H10N2.2Pb/c1-9-3-5-11-7-8-12-6-4-10(2)16-14(12)13(11)15-9;;/h3-6H,1-2H3;;. The van der Waals surface area contributed by atoms with Gasteiger partial charge in [-0.15, -0.1) is 0 Å². The molecule has 84 valence electrons. The molecule has 0 saturated heterocycles. The van der Waals surface area contributed by atoms with Crippen LogP contribution >= 0.6 is 0 Å². The predicted molar refractivity (Wildman–Crippen MR) is 77.3 cm³/mol. The minimum absolute atomic E-state index is 1.06. The summed E-state index contributed by atoms with van der Waals surface area (Å²) >= 11 is 2.14. The fourth-order valence-corrected chi connectivity index (χ4v) is 4.76. The first-order valence-corrected chi connectivity index (χ1v) is 9.60. The third-order valence-corrected chi connectivity index (χ3v) is 10.9. The van der Waals surface area contributed by atoms with E-state index in [1.165, 1.54) is 17.0 Å². The maximum atomic E-state index is 4.72. The van der Waals surface area contributed by atoms with E-state index in [4.69, 9.17) is 9.97 Å². The van der Waals surface area contributed by atoms with E-state index in [1.807, 2.05) is 13.8 Å². The van der Waals surface area contributed by atoms with Gasteiger partial charge in [-0.2, -0.15) is 0 Å². The van der Waals surface area contributed by atoms with E-state index in [0.717, 1.165) is 74.0 Å². The van der Waals surface area contributed by atoms with E-state index < -0.39 is 0 Å². The molecule has 0 fully saturated rings. The van der Waals surface area contributed by atoms with Crippen molar-refractivity contribution in [2.75, 3.05) is 0 Å². The Bertz CT molecular complexity index is 715. The number of aryl methyl sites for hydroxylation is 2. The molecule has 1 aromatic carbocycles. The third kappa shape index (κ3) is 2.01. The Morgan fingerprint density at radius 3 is 1.50 bits per heavy atom. The van der Waals surface area contributed by atoms with Crippen molar-refractivity contribution in [1.82, 2.24) is 9.97 Å². The fraction of sp³-hybridized carbons (Fsp3) is 0.143. The van der Waals surface area contributed by atoms with Crippen molar-refractivity contribution in [3.8, 4) is 0 Å². The van der Waals surface area contributed by atoms with Crippen molar-refractivity contribution < 1.29 is 0 Å². The number of rotatable bonds is 0. The van der Waals surface area contributed by atoms with E-state index in [0.29, 0.717) is 0 Å². The van der Waals surface area contributed by atoms with E-state index in [1.54, 1.807) is 0 Å². The molecule has 0 bridgehead atoms. The average molecular weight is 621 g/mol. The zero-order chi connectivity index (χ0) is 12.9. The van der Waals surface area contributed by atoms with Crippen LogP contribution in [0.4, 0.5) is 0 Å². The van der Waals surface area contributed by atoms with Crippen molar-refractivity contribution in [2.24, 2.45) is 0 Å². The summed E-state index contributed by atoms with van der Waals surface area (Å²) in [5, 5.41) is 2.62. The SMILES string of the molecule is Cc1ccc2[c]([Pb])[c]([Pb])c3ccc(C)nc3c2n1. The Balaban J connectivity index is 2.64.